The van der Waals surface area contributed by atoms with Gasteiger partial charge in [0, 0.05) is 33.9 Å². The van der Waals surface area contributed by atoms with Gasteiger partial charge in [0.2, 0.25) is 0 Å². The van der Waals surface area contributed by atoms with E-state index in [-0.39, 0.29) is 0 Å². The first-order valence-corrected chi connectivity index (χ1v) is 7.72. The fraction of sp³-hybridized carbons (Fsp3) is 0.643. The lowest BCUT2D eigenvalue weighted by molar-refractivity contribution is 0.190. The summed E-state index contributed by atoms with van der Waals surface area (Å²) in [6.07, 6.45) is 0.993. The molecule has 0 amide bonds. The van der Waals surface area contributed by atoms with E-state index in [1.807, 2.05) is 4.90 Å². The van der Waals surface area contributed by atoms with E-state index in [4.69, 9.17) is 32.7 Å². The van der Waals surface area contributed by atoms with Gasteiger partial charge in [-0.1, -0.05) is 30.1 Å². The zero-order chi connectivity index (χ0) is 15.7. The Balaban J connectivity index is 2.98. The fourth-order valence-electron chi connectivity index (χ4n) is 1.77. The third kappa shape index (κ3) is 5.87. The summed E-state index contributed by atoms with van der Waals surface area (Å²) in [5.41, 5.74) is 0. The lowest BCUT2D eigenvalue weighted by atomic mass is 10.3. The van der Waals surface area contributed by atoms with E-state index in [2.05, 4.69) is 17.2 Å². The minimum atomic E-state index is 0.522. The molecular formula is C14H23Cl2N3O2. The molecule has 0 unspecified atom stereocenters. The first-order valence-electron chi connectivity index (χ1n) is 6.96. The van der Waals surface area contributed by atoms with Crippen molar-refractivity contribution < 1.29 is 9.47 Å². The largest absolute Gasteiger partial charge is 0.383 e. The zero-order valence-corrected chi connectivity index (χ0v) is 14.3. The number of rotatable bonds is 10. The van der Waals surface area contributed by atoms with Crippen LogP contribution in [0.15, 0.2) is 6.07 Å². The molecule has 0 fully saturated rings. The van der Waals surface area contributed by atoms with E-state index in [0.717, 1.165) is 13.0 Å². The molecule has 1 aromatic heterocycles. The van der Waals surface area contributed by atoms with Crippen LogP contribution in [0.2, 0.25) is 10.0 Å². The fourth-order valence-corrected chi connectivity index (χ4v) is 2.32. The summed E-state index contributed by atoms with van der Waals surface area (Å²) in [6.45, 7) is 5.43. The lowest BCUT2D eigenvalue weighted by Crippen LogP contribution is -2.31. The number of anilines is 2. The molecule has 0 aromatic carbocycles. The molecule has 7 heteroatoms. The summed E-state index contributed by atoms with van der Waals surface area (Å²) >= 11 is 12.5. The molecule has 0 saturated carbocycles. The predicted molar refractivity (Wildman–Crippen MR) is 89.0 cm³/mol. The van der Waals surface area contributed by atoms with Crippen LogP contribution >= 0.6 is 23.2 Å². The lowest BCUT2D eigenvalue weighted by Gasteiger charge is -2.25. The van der Waals surface area contributed by atoms with Crippen LogP contribution in [-0.2, 0) is 9.47 Å². The van der Waals surface area contributed by atoms with E-state index in [0.29, 0.717) is 48.0 Å². The molecule has 0 atom stereocenters. The Morgan fingerprint density at radius 2 is 1.76 bits per heavy atom. The van der Waals surface area contributed by atoms with Gasteiger partial charge in [-0.05, 0) is 12.5 Å². The molecule has 0 saturated heterocycles. The molecule has 0 bridgehead atoms. The summed E-state index contributed by atoms with van der Waals surface area (Å²) in [5, 5.41) is 4.25. The number of aromatic nitrogens is 1. The number of ether oxygens (including phenoxy) is 2. The smallest absolute Gasteiger partial charge is 0.150 e. The van der Waals surface area contributed by atoms with Gasteiger partial charge in [-0.2, -0.15) is 0 Å². The van der Waals surface area contributed by atoms with Crippen LogP contribution in [0, 0.1) is 0 Å². The van der Waals surface area contributed by atoms with E-state index in [1.165, 1.54) is 0 Å². The van der Waals surface area contributed by atoms with Gasteiger partial charge in [-0.25, -0.2) is 4.98 Å². The molecular weight excluding hydrogens is 313 g/mol. The Morgan fingerprint density at radius 1 is 1.14 bits per heavy atom. The molecule has 5 nitrogen and oxygen atoms in total. The molecule has 1 heterocycles. The number of methoxy groups -OCH3 is 2. The predicted octanol–water partition coefficient (Wildman–Crippen LogP) is 3.31. The summed E-state index contributed by atoms with van der Waals surface area (Å²) < 4.78 is 10.3. The highest BCUT2D eigenvalue weighted by atomic mass is 35.5. The van der Waals surface area contributed by atoms with Crippen molar-refractivity contribution in [2.24, 2.45) is 0 Å². The molecule has 1 N–H and O–H groups in total. The molecule has 0 aliphatic rings. The van der Waals surface area contributed by atoms with Crippen LogP contribution in [0.3, 0.4) is 0 Å². The zero-order valence-electron chi connectivity index (χ0n) is 12.8. The topological polar surface area (TPSA) is 46.6 Å². The van der Waals surface area contributed by atoms with Crippen LogP contribution in [0.1, 0.15) is 13.3 Å². The summed E-state index contributed by atoms with van der Waals surface area (Å²) in [6, 6.07) is 1.72. The van der Waals surface area contributed by atoms with Crippen LogP contribution in [0.5, 0.6) is 0 Å². The van der Waals surface area contributed by atoms with Crippen molar-refractivity contribution in [3.63, 3.8) is 0 Å². The molecule has 0 radical (unpaired) electrons. The molecule has 1 rings (SSSR count). The highest BCUT2D eigenvalue weighted by molar-refractivity contribution is 6.37. The minimum absolute atomic E-state index is 0.522. The van der Waals surface area contributed by atoms with E-state index in [1.54, 1.807) is 20.3 Å². The van der Waals surface area contributed by atoms with Crippen molar-refractivity contribution in [2.75, 3.05) is 57.3 Å². The number of pyridine rings is 1. The third-order valence-electron chi connectivity index (χ3n) is 2.88. The average Bonchev–Trinajstić information content (AvgIpc) is 2.47. The summed E-state index contributed by atoms with van der Waals surface area (Å²) in [4.78, 5) is 6.59. The number of halogens is 2. The number of hydrogen-bond donors (Lipinski definition) is 1. The quantitative estimate of drug-likeness (QED) is 0.710. The monoisotopic (exact) mass is 335 g/mol. The van der Waals surface area contributed by atoms with Crippen LogP contribution in [0.4, 0.5) is 11.6 Å². The van der Waals surface area contributed by atoms with Gasteiger partial charge >= 0.3 is 0 Å². The van der Waals surface area contributed by atoms with Crippen molar-refractivity contribution in [1.82, 2.24) is 4.98 Å². The van der Waals surface area contributed by atoms with Crippen LogP contribution < -0.4 is 10.2 Å². The van der Waals surface area contributed by atoms with Crippen LogP contribution in [-0.4, -0.2) is 52.1 Å². The maximum Gasteiger partial charge on any atom is 0.150 e. The Hall–Kier alpha value is -0.750. The van der Waals surface area contributed by atoms with E-state index < -0.39 is 0 Å². The molecule has 120 valence electrons. The van der Waals surface area contributed by atoms with E-state index >= 15 is 0 Å². The number of hydrogen-bond acceptors (Lipinski definition) is 5. The standard InChI is InChI=1S/C14H23Cl2N3O2/c1-4-5-17-13-11(15)10-12(16)14(18-13)19(6-8-20-2)7-9-21-3/h10H,4-9H2,1-3H3,(H,17,18). The average molecular weight is 336 g/mol. The molecule has 21 heavy (non-hydrogen) atoms. The van der Waals surface area contributed by atoms with Crippen molar-refractivity contribution in [1.29, 1.82) is 0 Å². The molecule has 0 aliphatic heterocycles. The van der Waals surface area contributed by atoms with Crippen molar-refractivity contribution in [3.8, 4) is 0 Å². The Morgan fingerprint density at radius 3 is 2.29 bits per heavy atom. The molecule has 1 aromatic rings. The van der Waals surface area contributed by atoms with Crippen molar-refractivity contribution >= 4 is 34.8 Å². The molecule has 0 aliphatic carbocycles. The highest BCUT2D eigenvalue weighted by Gasteiger charge is 2.15. The molecule has 0 spiro atoms. The van der Waals surface area contributed by atoms with Gasteiger partial charge in [-0.15, -0.1) is 0 Å². The normalized spacial score (nSPS) is 10.7. The van der Waals surface area contributed by atoms with Crippen molar-refractivity contribution in [2.45, 2.75) is 13.3 Å². The van der Waals surface area contributed by atoms with Gasteiger partial charge in [0.15, 0.2) is 0 Å². The highest BCUT2D eigenvalue weighted by Crippen LogP contribution is 2.31. The van der Waals surface area contributed by atoms with Crippen molar-refractivity contribution in [3.05, 3.63) is 16.1 Å². The summed E-state index contributed by atoms with van der Waals surface area (Å²) in [5.74, 6) is 1.34. The van der Waals surface area contributed by atoms with Gasteiger partial charge < -0.3 is 19.7 Å². The van der Waals surface area contributed by atoms with Gasteiger partial charge in [0.05, 0.1) is 23.3 Å². The second-order valence-corrected chi connectivity index (χ2v) is 5.34. The summed E-state index contributed by atoms with van der Waals surface area (Å²) in [7, 11) is 3.33. The Kier molecular flexibility index (Phi) is 8.76. The second-order valence-electron chi connectivity index (χ2n) is 4.52. The van der Waals surface area contributed by atoms with Gasteiger partial charge in [0.1, 0.15) is 11.6 Å². The van der Waals surface area contributed by atoms with Crippen LogP contribution in [0.25, 0.3) is 0 Å². The number of nitrogens with one attached hydrogen (secondary N) is 1. The van der Waals surface area contributed by atoms with Gasteiger partial charge in [0.25, 0.3) is 0 Å². The van der Waals surface area contributed by atoms with Gasteiger partial charge in [-0.3, -0.25) is 0 Å². The SMILES string of the molecule is CCCNc1nc(N(CCOC)CCOC)c(Cl)cc1Cl. The first kappa shape index (κ1) is 18.3. The maximum atomic E-state index is 6.29. The Bertz CT molecular complexity index is 425. The Labute approximate surface area is 136 Å². The third-order valence-corrected chi connectivity index (χ3v) is 3.45. The minimum Gasteiger partial charge on any atom is -0.383 e. The van der Waals surface area contributed by atoms with E-state index in [9.17, 15) is 0 Å². The second kappa shape index (κ2) is 10.1. The maximum absolute atomic E-state index is 6.29. The first-order chi connectivity index (χ1) is 10.1. The number of nitrogens with zero attached hydrogens (tertiary/aromatic N) is 2.